The Labute approximate surface area is 115 Å². The molecule has 1 aromatic rings. The van der Waals surface area contributed by atoms with Gasteiger partial charge in [0.25, 0.3) is 0 Å². The Morgan fingerprint density at radius 2 is 2.11 bits per heavy atom. The van der Waals surface area contributed by atoms with Crippen molar-refractivity contribution >= 4 is 5.69 Å². The third kappa shape index (κ3) is 2.90. The number of halogens is 1. The molecule has 0 aliphatic carbocycles. The molecule has 0 radical (unpaired) electrons. The fraction of sp³-hybridized carbons (Fsp3) is 0.600. The van der Waals surface area contributed by atoms with Crippen molar-refractivity contribution in [1.29, 1.82) is 0 Å². The molecule has 1 heterocycles. The van der Waals surface area contributed by atoms with E-state index in [1.807, 2.05) is 6.07 Å². The van der Waals surface area contributed by atoms with Gasteiger partial charge in [-0.1, -0.05) is 26.0 Å². The number of benzene rings is 1. The molecule has 0 spiro atoms. The Hall–Kier alpha value is -1.13. The zero-order chi connectivity index (χ0) is 13.8. The zero-order valence-corrected chi connectivity index (χ0v) is 11.9. The average Bonchev–Trinajstić information content (AvgIpc) is 2.89. The van der Waals surface area contributed by atoms with Crippen LogP contribution in [-0.2, 0) is 6.54 Å². The standard InChI is InChI=1S/C15H24FN3/c1-3-18(4-2)13-8-9-19(11-13)15-12(10-17)6-5-7-14(15)16/h5-7,13H,3-4,8-11,17H2,1-2H3. The van der Waals surface area contributed by atoms with Crippen molar-refractivity contribution in [3.63, 3.8) is 0 Å². The maximum Gasteiger partial charge on any atom is 0.146 e. The van der Waals surface area contributed by atoms with E-state index in [0.29, 0.717) is 18.3 Å². The number of hydrogen-bond acceptors (Lipinski definition) is 3. The summed E-state index contributed by atoms with van der Waals surface area (Å²) in [6, 6.07) is 5.71. The van der Waals surface area contributed by atoms with Gasteiger partial charge in [-0.2, -0.15) is 0 Å². The molecule has 1 aliphatic heterocycles. The van der Waals surface area contributed by atoms with E-state index < -0.39 is 0 Å². The number of para-hydroxylation sites is 1. The Balaban J connectivity index is 2.17. The highest BCUT2D eigenvalue weighted by atomic mass is 19.1. The van der Waals surface area contributed by atoms with E-state index in [1.54, 1.807) is 6.07 Å². The minimum atomic E-state index is -0.150. The summed E-state index contributed by atoms with van der Waals surface area (Å²) >= 11 is 0. The SMILES string of the molecule is CCN(CC)C1CCN(c2c(F)cccc2CN)C1. The van der Waals surface area contributed by atoms with Gasteiger partial charge in [-0.3, -0.25) is 4.90 Å². The fourth-order valence-corrected chi connectivity index (χ4v) is 3.06. The van der Waals surface area contributed by atoms with Crippen molar-refractivity contribution in [3.05, 3.63) is 29.6 Å². The monoisotopic (exact) mass is 265 g/mol. The van der Waals surface area contributed by atoms with Gasteiger partial charge >= 0.3 is 0 Å². The lowest BCUT2D eigenvalue weighted by Gasteiger charge is -2.27. The normalized spacial score (nSPS) is 19.4. The molecule has 2 N–H and O–H groups in total. The summed E-state index contributed by atoms with van der Waals surface area (Å²) in [5, 5.41) is 0. The average molecular weight is 265 g/mol. The molecule has 1 atom stereocenters. The van der Waals surface area contributed by atoms with Gasteiger partial charge in [0.2, 0.25) is 0 Å². The summed E-state index contributed by atoms with van der Waals surface area (Å²) < 4.78 is 14.1. The van der Waals surface area contributed by atoms with Crippen LogP contribution in [0.3, 0.4) is 0 Å². The van der Waals surface area contributed by atoms with Gasteiger partial charge in [0.05, 0.1) is 5.69 Å². The minimum absolute atomic E-state index is 0.150. The molecule has 3 nitrogen and oxygen atoms in total. The second kappa shape index (κ2) is 6.35. The molecule has 2 rings (SSSR count). The topological polar surface area (TPSA) is 32.5 Å². The molecular weight excluding hydrogens is 241 g/mol. The third-order valence-electron chi connectivity index (χ3n) is 4.10. The van der Waals surface area contributed by atoms with Crippen molar-refractivity contribution in [2.45, 2.75) is 32.9 Å². The lowest BCUT2D eigenvalue weighted by atomic mass is 10.1. The summed E-state index contributed by atoms with van der Waals surface area (Å²) in [6.07, 6.45) is 1.10. The molecule has 0 saturated carbocycles. The van der Waals surface area contributed by atoms with Crippen molar-refractivity contribution in [1.82, 2.24) is 4.90 Å². The third-order valence-corrected chi connectivity index (χ3v) is 4.10. The van der Waals surface area contributed by atoms with E-state index in [9.17, 15) is 4.39 Å². The number of likely N-dealkylation sites (N-methyl/N-ethyl adjacent to an activating group) is 1. The first-order valence-electron chi connectivity index (χ1n) is 7.17. The van der Waals surface area contributed by atoms with Crippen LogP contribution >= 0.6 is 0 Å². The molecule has 106 valence electrons. The minimum Gasteiger partial charge on any atom is -0.367 e. The van der Waals surface area contributed by atoms with Gasteiger partial charge in [0.15, 0.2) is 0 Å². The first-order chi connectivity index (χ1) is 9.21. The molecule has 1 aliphatic rings. The summed E-state index contributed by atoms with van der Waals surface area (Å²) in [5.41, 5.74) is 7.34. The van der Waals surface area contributed by atoms with Crippen LogP contribution in [0.15, 0.2) is 18.2 Å². The second-order valence-corrected chi connectivity index (χ2v) is 5.06. The van der Waals surface area contributed by atoms with Crippen molar-refractivity contribution in [3.8, 4) is 0 Å². The van der Waals surface area contributed by atoms with Crippen LogP contribution in [0.2, 0.25) is 0 Å². The Morgan fingerprint density at radius 3 is 2.74 bits per heavy atom. The lowest BCUT2D eigenvalue weighted by molar-refractivity contribution is 0.232. The van der Waals surface area contributed by atoms with Crippen molar-refractivity contribution in [2.24, 2.45) is 5.73 Å². The van der Waals surface area contributed by atoms with Gasteiger partial charge < -0.3 is 10.6 Å². The predicted molar refractivity (Wildman–Crippen MR) is 77.8 cm³/mol. The van der Waals surface area contributed by atoms with Crippen LogP contribution < -0.4 is 10.6 Å². The highest BCUT2D eigenvalue weighted by Gasteiger charge is 2.28. The molecule has 1 aromatic carbocycles. The summed E-state index contributed by atoms with van der Waals surface area (Å²) in [5.74, 6) is -0.150. The largest absolute Gasteiger partial charge is 0.367 e. The molecule has 0 aromatic heterocycles. The molecule has 1 fully saturated rings. The summed E-state index contributed by atoms with van der Waals surface area (Å²) in [6.45, 7) is 8.66. The molecular formula is C15H24FN3. The van der Waals surface area contributed by atoms with Crippen LogP contribution in [0.4, 0.5) is 10.1 Å². The molecule has 1 unspecified atom stereocenters. The van der Waals surface area contributed by atoms with Gasteiger partial charge in [0, 0.05) is 25.7 Å². The first-order valence-corrected chi connectivity index (χ1v) is 7.17. The molecule has 19 heavy (non-hydrogen) atoms. The van der Waals surface area contributed by atoms with Gasteiger partial charge in [-0.15, -0.1) is 0 Å². The van der Waals surface area contributed by atoms with Gasteiger partial charge in [-0.05, 0) is 31.1 Å². The fourth-order valence-electron chi connectivity index (χ4n) is 3.06. The van der Waals surface area contributed by atoms with Crippen LogP contribution in [0.5, 0.6) is 0 Å². The number of anilines is 1. The van der Waals surface area contributed by atoms with E-state index >= 15 is 0 Å². The second-order valence-electron chi connectivity index (χ2n) is 5.06. The molecule has 1 saturated heterocycles. The molecule has 4 heteroatoms. The van der Waals surface area contributed by atoms with E-state index in [1.165, 1.54) is 6.07 Å². The zero-order valence-electron chi connectivity index (χ0n) is 11.9. The number of nitrogens with zero attached hydrogens (tertiary/aromatic N) is 2. The van der Waals surface area contributed by atoms with E-state index in [2.05, 4.69) is 23.6 Å². The van der Waals surface area contributed by atoms with E-state index in [-0.39, 0.29) is 5.82 Å². The molecule has 0 bridgehead atoms. The lowest BCUT2D eigenvalue weighted by Crippen LogP contribution is -2.37. The number of rotatable bonds is 5. The summed E-state index contributed by atoms with van der Waals surface area (Å²) in [4.78, 5) is 4.60. The Kier molecular flexibility index (Phi) is 4.77. The Bertz CT molecular complexity index is 418. The van der Waals surface area contributed by atoms with Crippen LogP contribution in [0.25, 0.3) is 0 Å². The maximum atomic E-state index is 14.1. The first kappa shape index (κ1) is 14.3. The number of nitrogens with two attached hydrogens (primary N) is 1. The highest BCUT2D eigenvalue weighted by Crippen LogP contribution is 2.29. The van der Waals surface area contributed by atoms with Crippen LogP contribution in [0, 0.1) is 5.82 Å². The van der Waals surface area contributed by atoms with Crippen molar-refractivity contribution < 1.29 is 4.39 Å². The number of hydrogen-bond donors (Lipinski definition) is 1. The van der Waals surface area contributed by atoms with Gasteiger partial charge in [-0.25, -0.2) is 4.39 Å². The molecule has 0 amide bonds. The van der Waals surface area contributed by atoms with Crippen LogP contribution in [0.1, 0.15) is 25.8 Å². The summed E-state index contributed by atoms with van der Waals surface area (Å²) in [7, 11) is 0. The van der Waals surface area contributed by atoms with Crippen molar-refractivity contribution in [2.75, 3.05) is 31.1 Å². The highest BCUT2D eigenvalue weighted by molar-refractivity contribution is 5.55. The predicted octanol–water partition coefficient (Wildman–Crippen LogP) is 2.20. The van der Waals surface area contributed by atoms with E-state index in [4.69, 9.17) is 5.73 Å². The van der Waals surface area contributed by atoms with Gasteiger partial charge in [0.1, 0.15) is 5.82 Å². The smallest absolute Gasteiger partial charge is 0.146 e. The van der Waals surface area contributed by atoms with E-state index in [0.717, 1.165) is 38.2 Å². The quantitative estimate of drug-likeness (QED) is 0.886. The Morgan fingerprint density at radius 1 is 1.37 bits per heavy atom. The van der Waals surface area contributed by atoms with Crippen LogP contribution in [-0.4, -0.2) is 37.1 Å². The maximum absolute atomic E-state index is 14.1.